The molecule has 0 unspecified atom stereocenters. The van der Waals surface area contributed by atoms with Crippen LogP contribution in [-0.4, -0.2) is 61.5 Å². The first-order chi connectivity index (χ1) is 11.1. The van der Waals surface area contributed by atoms with Gasteiger partial charge in [-0.05, 0) is 24.6 Å². The van der Waals surface area contributed by atoms with Crippen molar-refractivity contribution in [1.29, 1.82) is 0 Å². The van der Waals surface area contributed by atoms with Crippen LogP contribution in [0.2, 0.25) is 0 Å². The maximum atomic E-state index is 12.4. The van der Waals surface area contributed by atoms with E-state index in [1.54, 1.807) is 17.1 Å². The molecule has 0 bridgehead atoms. The zero-order valence-electron chi connectivity index (χ0n) is 14.1. The molecule has 4 nitrogen and oxygen atoms in total. The Morgan fingerprint density at radius 1 is 1.17 bits per heavy atom. The average molecular weight is 313 g/mol. The molecule has 0 radical (unpaired) electrons. The molecule has 0 aromatic heterocycles. The summed E-state index contributed by atoms with van der Waals surface area (Å²) in [5.41, 5.74) is 2.56. The van der Waals surface area contributed by atoms with Crippen LogP contribution in [0.5, 0.6) is 0 Å². The smallest absolute Gasteiger partial charge is 0.237 e. The van der Waals surface area contributed by atoms with Gasteiger partial charge in [0.15, 0.2) is 0 Å². The van der Waals surface area contributed by atoms with Crippen LogP contribution in [0.25, 0.3) is 0 Å². The Morgan fingerprint density at radius 2 is 1.83 bits per heavy atom. The number of piperazine rings is 1. The minimum atomic E-state index is 0.147. The molecule has 23 heavy (non-hydrogen) atoms. The Kier molecular flexibility index (Phi) is 6.41. The number of nitrogens with zero attached hydrogens (tertiary/aromatic N) is 3. The largest absolute Gasteiger partial charge is 0.369 e. The lowest BCUT2D eigenvalue weighted by atomic mass is 10.2. The van der Waals surface area contributed by atoms with E-state index in [1.165, 1.54) is 11.3 Å². The summed E-state index contributed by atoms with van der Waals surface area (Å²) >= 11 is 0. The number of carbonyl (C=O) groups excluding carboxylic acids is 1. The van der Waals surface area contributed by atoms with Crippen molar-refractivity contribution in [2.45, 2.75) is 6.92 Å². The fourth-order valence-corrected chi connectivity index (χ4v) is 2.87. The van der Waals surface area contributed by atoms with Crippen LogP contribution < -0.4 is 4.90 Å². The summed E-state index contributed by atoms with van der Waals surface area (Å²) < 4.78 is 0. The average Bonchev–Trinajstić information content (AvgIpc) is 2.55. The second kappa shape index (κ2) is 8.53. The molecule has 1 amide bonds. The van der Waals surface area contributed by atoms with E-state index in [0.29, 0.717) is 19.6 Å². The third-order valence-electron chi connectivity index (χ3n) is 4.15. The quantitative estimate of drug-likeness (QED) is 0.723. The Morgan fingerprint density at radius 3 is 2.39 bits per heavy atom. The topological polar surface area (TPSA) is 26.8 Å². The number of carbonyl (C=O) groups is 1. The predicted octanol–water partition coefficient (Wildman–Crippen LogP) is 2.32. The highest BCUT2D eigenvalue weighted by atomic mass is 16.2. The Balaban J connectivity index is 1.85. The Hall–Kier alpha value is -2.07. The van der Waals surface area contributed by atoms with Gasteiger partial charge in [-0.3, -0.25) is 9.69 Å². The normalized spacial score (nSPS) is 15.3. The van der Waals surface area contributed by atoms with Gasteiger partial charge in [-0.25, -0.2) is 0 Å². The van der Waals surface area contributed by atoms with Crippen molar-refractivity contribution in [3.05, 3.63) is 55.1 Å². The van der Waals surface area contributed by atoms with E-state index >= 15 is 0 Å². The number of rotatable bonds is 7. The van der Waals surface area contributed by atoms with Gasteiger partial charge in [-0.1, -0.05) is 24.3 Å². The molecule has 0 atom stereocenters. The first-order valence-electron chi connectivity index (χ1n) is 8.17. The second-order valence-corrected chi connectivity index (χ2v) is 5.98. The molecule has 1 heterocycles. The van der Waals surface area contributed by atoms with Crippen molar-refractivity contribution < 1.29 is 4.79 Å². The highest BCUT2D eigenvalue weighted by Crippen LogP contribution is 2.17. The Bertz CT molecular complexity index is 537. The van der Waals surface area contributed by atoms with Crippen LogP contribution in [0.1, 0.15) is 5.56 Å². The van der Waals surface area contributed by atoms with Crippen molar-refractivity contribution in [1.82, 2.24) is 9.80 Å². The lowest BCUT2D eigenvalue weighted by Crippen LogP contribution is -2.50. The first kappa shape index (κ1) is 17.3. The lowest BCUT2D eigenvalue weighted by molar-refractivity contribution is -0.131. The highest BCUT2D eigenvalue weighted by molar-refractivity contribution is 5.78. The van der Waals surface area contributed by atoms with E-state index in [-0.39, 0.29) is 5.91 Å². The standard InChI is InChI=1S/C19H27N3O/c1-4-9-22(10-5-2)19(23)16-20-11-13-21(14-12-20)18-8-6-7-17(3)15-18/h4-8,15H,1-2,9-14,16H2,3H3. The summed E-state index contributed by atoms with van der Waals surface area (Å²) in [5.74, 6) is 0.147. The second-order valence-electron chi connectivity index (χ2n) is 5.98. The van der Waals surface area contributed by atoms with Gasteiger partial charge in [0, 0.05) is 45.0 Å². The molecule has 0 spiro atoms. The summed E-state index contributed by atoms with van der Waals surface area (Å²) in [4.78, 5) is 18.8. The minimum absolute atomic E-state index is 0.147. The number of hydrogen-bond donors (Lipinski definition) is 0. The molecule has 0 saturated carbocycles. The van der Waals surface area contributed by atoms with Gasteiger partial charge < -0.3 is 9.80 Å². The molecule has 1 saturated heterocycles. The van der Waals surface area contributed by atoms with Gasteiger partial charge in [0.2, 0.25) is 5.91 Å². The van der Waals surface area contributed by atoms with Gasteiger partial charge >= 0.3 is 0 Å². The van der Waals surface area contributed by atoms with Crippen LogP contribution in [0, 0.1) is 6.92 Å². The lowest BCUT2D eigenvalue weighted by Gasteiger charge is -2.36. The molecule has 1 aliphatic heterocycles. The number of benzene rings is 1. The Labute approximate surface area is 139 Å². The molecular formula is C19H27N3O. The summed E-state index contributed by atoms with van der Waals surface area (Å²) in [6.07, 6.45) is 3.52. The van der Waals surface area contributed by atoms with Crippen LogP contribution in [-0.2, 0) is 4.79 Å². The third kappa shape index (κ3) is 4.96. The van der Waals surface area contributed by atoms with E-state index < -0.39 is 0 Å². The molecule has 1 aromatic carbocycles. The van der Waals surface area contributed by atoms with Crippen LogP contribution in [0.4, 0.5) is 5.69 Å². The summed E-state index contributed by atoms with van der Waals surface area (Å²) in [7, 11) is 0. The molecule has 1 fully saturated rings. The van der Waals surface area contributed by atoms with E-state index in [2.05, 4.69) is 54.1 Å². The highest BCUT2D eigenvalue weighted by Gasteiger charge is 2.21. The molecule has 1 aromatic rings. The summed E-state index contributed by atoms with van der Waals surface area (Å²) in [6, 6.07) is 8.59. The molecule has 4 heteroatoms. The van der Waals surface area contributed by atoms with E-state index in [4.69, 9.17) is 0 Å². The predicted molar refractivity (Wildman–Crippen MR) is 96.8 cm³/mol. The van der Waals surface area contributed by atoms with Gasteiger partial charge in [0.25, 0.3) is 0 Å². The number of amides is 1. The first-order valence-corrected chi connectivity index (χ1v) is 8.17. The van der Waals surface area contributed by atoms with E-state index in [9.17, 15) is 4.79 Å². The van der Waals surface area contributed by atoms with Crippen molar-refractivity contribution in [3.8, 4) is 0 Å². The van der Waals surface area contributed by atoms with Gasteiger partial charge in [-0.15, -0.1) is 13.2 Å². The maximum Gasteiger partial charge on any atom is 0.237 e. The monoisotopic (exact) mass is 313 g/mol. The number of anilines is 1. The molecule has 124 valence electrons. The molecule has 0 N–H and O–H groups in total. The summed E-state index contributed by atoms with van der Waals surface area (Å²) in [6.45, 7) is 14.9. The van der Waals surface area contributed by atoms with Crippen LogP contribution in [0.15, 0.2) is 49.6 Å². The molecule has 2 rings (SSSR count). The molecule has 1 aliphatic rings. The zero-order chi connectivity index (χ0) is 16.7. The third-order valence-corrected chi connectivity index (χ3v) is 4.15. The fraction of sp³-hybridized carbons (Fsp3) is 0.421. The SMILES string of the molecule is C=CCN(CC=C)C(=O)CN1CCN(c2cccc(C)c2)CC1. The van der Waals surface area contributed by atoms with Crippen LogP contribution in [0.3, 0.4) is 0 Å². The van der Waals surface area contributed by atoms with Crippen molar-refractivity contribution in [3.63, 3.8) is 0 Å². The van der Waals surface area contributed by atoms with Crippen LogP contribution >= 0.6 is 0 Å². The molecular weight excluding hydrogens is 286 g/mol. The number of hydrogen-bond acceptors (Lipinski definition) is 3. The fourth-order valence-electron chi connectivity index (χ4n) is 2.87. The maximum absolute atomic E-state index is 12.4. The number of aryl methyl sites for hydroxylation is 1. The van der Waals surface area contributed by atoms with Crippen molar-refractivity contribution in [2.75, 3.05) is 50.7 Å². The van der Waals surface area contributed by atoms with Crippen molar-refractivity contribution in [2.24, 2.45) is 0 Å². The van der Waals surface area contributed by atoms with Crippen molar-refractivity contribution >= 4 is 11.6 Å². The van der Waals surface area contributed by atoms with E-state index in [1.807, 2.05) is 0 Å². The summed E-state index contributed by atoms with van der Waals surface area (Å²) in [5, 5.41) is 0. The zero-order valence-corrected chi connectivity index (χ0v) is 14.1. The molecule has 0 aliphatic carbocycles. The van der Waals surface area contributed by atoms with Gasteiger partial charge in [0.05, 0.1) is 6.54 Å². The van der Waals surface area contributed by atoms with Gasteiger partial charge in [0.1, 0.15) is 0 Å². The van der Waals surface area contributed by atoms with E-state index in [0.717, 1.165) is 26.2 Å². The minimum Gasteiger partial charge on any atom is -0.369 e. The van der Waals surface area contributed by atoms with Gasteiger partial charge in [-0.2, -0.15) is 0 Å².